The Labute approximate surface area is 236 Å². The number of nitrogens with one attached hydrogen (secondary N) is 1. The molecule has 0 atom stereocenters. The second-order valence-corrected chi connectivity index (χ2v) is 11.8. The highest BCUT2D eigenvalue weighted by Crippen LogP contribution is 2.32. The highest BCUT2D eigenvalue weighted by molar-refractivity contribution is 7.89. The Morgan fingerprint density at radius 3 is 2.33 bits per heavy atom. The third kappa shape index (κ3) is 5.75. The van der Waals surface area contributed by atoms with E-state index >= 15 is 0 Å². The van der Waals surface area contributed by atoms with Crippen LogP contribution in [-0.2, 0) is 19.6 Å². The van der Waals surface area contributed by atoms with Crippen LogP contribution in [0.25, 0.3) is 22.3 Å². The maximum Gasteiger partial charge on any atom is 0.262 e. The maximum absolute atomic E-state index is 13.5. The lowest BCUT2D eigenvalue weighted by atomic mass is 10.0. The van der Waals surface area contributed by atoms with E-state index in [9.17, 15) is 18.0 Å². The van der Waals surface area contributed by atoms with E-state index in [0.29, 0.717) is 40.5 Å². The van der Waals surface area contributed by atoms with Crippen molar-refractivity contribution in [3.05, 3.63) is 87.0 Å². The number of aryl methyl sites for hydroxylation is 2. The minimum absolute atomic E-state index is 0.0971. The molecule has 9 nitrogen and oxygen atoms in total. The predicted molar refractivity (Wildman–Crippen MR) is 153 cm³/mol. The molecule has 1 aromatic heterocycles. The number of ether oxygens (including phenoxy) is 2. The van der Waals surface area contributed by atoms with Crippen LogP contribution in [0.3, 0.4) is 0 Å². The summed E-state index contributed by atoms with van der Waals surface area (Å²) in [6.07, 6.45) is 0. The molecule has 0 aliphatic carbocycles. The largest absolute Gasteiger partial charge is 0.476 e. The van der Waals surface area contributed by atoms with Crippen molar-refractivity contribution in [2.75, 3.05) is 38.2 Å². The number of nitrogens with zero attached hydrogens (tertiary/aromatic N) is 1. The number of hydrogen-bond acceptors (Lipinski definition) is 7. The van der Waals surface area contributed by atoms with Crippen LogP contribution in [0, 0.1) is 13.8 Å². The molecule has 5 rings (SSSR count). The van der Waals surface area contributed by atoms with Crippen LogP contribution in [0.4, 0.5) is 5.69 Å². The van der Waals surface area contributed by atoms with Gasteiger partial charge in [0.1, 0.15) is 5.58 Å². The quantitative estimate of drug-likeness (QED) is 0.334. The second kappa shape index (κ2) is 11.4. The van der Waals surface area contributed by atoms with Crippen LogP contribution in [-0.4, -0.2) is 51.5 Å². The first-order valence-corrected chi connectivity index (χ1v) is 14.4. The lowest BCUT2D eigenvalue weighted by Crippen LogP contribution is -2.40. The van der Waals surface area contributed by atoms with Crippen molar-refractivity contribution in [1.82, 2.24) is 4.31 Å². The smallest absolute Gasteiger partial charge is 0.262 e. The Morgan fingerprint density at radius 2 is 1.65 bits per heavy atom. The van der Waals surface area contributed by atoms with Gasteiger partial charge in [0, 0.05) is 29.4 Å². The molecule has 0 bridgehead atoms. The molecule has 40 heavy (non-hydrogen) atoms. The lowest BCUT2D eigenvalue weighted by molar-refractivity contribution is -0.118. The van der Waals surface area contributed by atoms with Crippen molar-refractivity contribution in [3.8, 4) is 17.1 Å². The van der Waals surface area contributed by atoms with E-state index in [1.807, 2.05) is 13.8 Å². The zero-order valence-corrected chi connectivity index (χ0v) is 23.5. The Hall–Kier alpha value is -3.70. The van der Waals surface area contributed by atoms with Gasteiger partial charge in [0.2, 0.25) is 21.2 Å². The van der Waals surface area contributed by atoms with Gasteiger partial charge in [0.05, 0.1) is 23.5 Å². The Kier molecular flexibility index (Phi) is 7.95. The van der Waals surface area contributed by atoms with Gasteiger partial charge in [-0.2, -0.15) is 4.31 Å². The molecule has 208 valence electrons. The first kappa shape index (κ1) is 27.9. The number of carbonyl (C=O) groups is 1. The number of benzene rings is 3. The number of anilines is 1. The fourth-order valence-corrected chi connectivity index (χ4v) is 5.87. The fraction of sp³-hybridized carbons (Fsp3) is 0.241. The van der Waals surface area contributed by atoms with Gasteiger partial charge in [-0.15, -0.1) is 0 Å². The molecular formula is C29H27ClN2O7S. The summed E-state index contributed by atoms with van der Waals surface area (Å²) in [5, 5.41) is 3.53. The number of sulfonamides is 1. The van der Waals surface area contributed by atoms with Gasteiger partial charge in [-0.25, -0.2) is 8.42 Å². The summed E-state index contributed by atoms with van der Waals surface area (Å²) < 4.78 is 44.1. The number of halogens is 1. The van der Waals surface area contributed by atoms with Crippen LogP contribution in [0.1, 0.15) is 11.1 Å². The van der Waals surface area contributed by atoms with Gasteiger partial charge in [0.25, 0.3) is 5.91 Å². The van der Waals surface area contributed by atoms with E-state index in [1.165, 1.54) is 28.6 Å². The summed E-state index contributed by atoms with van der Waals surface area (Å²) in [5.41, 5.74) is 2.83. The zero-order valence-electron chi connectivity index (χ0n) is 21.9. The first-order valence-electron chi connectivity index (χ1n) is 12.6. The molecule has 0 saturated carbocycles. The normalized spacial score (nSPS) is 14.3. The van der Waals surface area contributed by atoms with E-state index < -0.39 is 28.0 Å². The van der Waals surface area contributed by atoms with Crippen molar-refractivity contribution >= 4 is 44.2 Å². The standard InChI is InChI=1S/C29H27ClN2O7S/c1-18-15-24-25(16-19(18)2)39-28(20-3-5-21(30)6-4-20)29(27(24)34)38-17-26(33)31-22-7-9-23(10-8-22)40(35,36)32-11-13-37-14-12-32/h3-10,15-16H,11-14,17H2,1-2H3,(H,31,33). The van der Waals surface area contributed by atoms with Crippen molar-refractivity contribution < 1.29 is 27.1 Å². The van der Waals surface area contributed by atoms with E-state index in [2.05, 4.69) is 5.32 Å². The third-order valence-corrected chi connectivity index (χ3v) is 8.83. The van der Waals surface area contributed by atoms with Gasteiger partial charge < -0.3 is 19.2 Å². The second-order valence-electron chi connectivity index (χ2n) is 9.41. The van der Waals surface area contributed by atoms with Crippen LogP contribution in [0.15, 0.2) is 74.8 Å². The van der Waals surface area contributed by atoms with Crippen molar-refractivity contribution in [1.29, 1.82) is 0 Å². The molecule has 4 aromatic rings. The Balaban J connectivity index is 1.36. The fourth-order valence-electron chi connectivity index (χ4n) is 4.34. The monoisotopic (exact) mass is 582 g/mol. The molecule has 1 saturated heterocycles. The van der Waals surface area contributed by atoms with Crippen LogP contribution < -0.4 is 15.5 Å². The number of fused-ring (bicyclic) bond motifs is 1. The average molecular weight is 583 g/mol. The van der Waals surface area contributed by atoms with Gasteiger partial charge in [-0.1, -0.05) is 11.6 Å². The number of carbonyl (C=O) groups excluding carboxylic acids is 1. The SMILES string of the molecule is Cc1cc2oc(-c3ccc(Cl)cc3)c(OCC(=O)Nc3ccc(S(=O)(=O)N4CCOCC4)cc3)c(=O)c2cc1C. The molecule has 0 unspecified atom stereocenters. The molecule has 0 radical (unpaired) electrons. The first-order chi connectivity index (χ1) is 19.1. The van der Waals surface area contributed by atoms with Gasteiger partial charge in [0.15, 0.2) is 12.4 Å². The molecule has 3 aromatic carbocycles. The van der Waals surface area contributed by atoms with Crippen molar-refractivity contribution in [2.24, 2.45) is 0 Å². The van der Waals surface area contributed by atoms with E-state index in [4.69, 9.17) is 25.5 Å². The van der Waals surface area contributed by atoms with E-state index in [1.54, 1.807) is 36.4 Å². The van der Waals surface area contributed by atoms with Crippen LogP contribution in [0.2, 0.25) is 5.02 Å². The highest BCUT2D eigenvalue weighted by atomic mass is 35.5. The predicted octanol–water partition coefficient (Wildman–Crippen LogP) is 4.77. The highest BCUT2D eigenvalue weighted by Gasteiger charge is 2.26. The van der Waals surface area contributed by atoms with Gasteiger partial charge >= 0.3 is 0 Å². The number of rotatable bonds is 7. The minimum Gasteiger partial charge on any atom is -0.476 e. The Morgan fingerprint density at radius 1 is 1.00 bits per heavy atom. The van der Waals surface area contributed by atoms with Gasteiger partial charge in [-0.05, 0) is 85.6 Å². The van der Waals surface area contributed by atoms with Crippen LogP contribution >= 0.6 is 11.6 Å². The molecule has 1 aliphatic heterocycles. The minimum atomic E-state index is -3.65. The molecule has 1 N–H and O–H groups in total. The van der Waals surface area contributed by atoms with Crippen molar-refractivity contribution in [3.63, 3.8) is 0 Å². The number of morpholine rings is 1. The zero-order chi connectivity index (χ0) is 28.4. The summed E-state index contributed by atoms with van der Waals surface area (Å²) >= 11 is 6.04. The molecular weight excluding hydrogens is 556 g/mol. The molecule has 1 amide bonds. The maximum atomic E-state index is 13.5. The number of hydrogen-bond donors (Lipinski definition) is 1. The summed E-state index contributed by atoms with van der Waals surface area (Å²) in [6, 6.07) is 16.1. The molecule has 1 aliphatic rings. The summed E-state index contributed by atoms with van der Waals surface area (Å²) in [7, 11) is -3.65. The lowest BCUT2D eigenvalue weighted by Gasteiger charge is -2.26. The van der Waals surface area contributed by atoms with Crippen molar-refractivity contribution in [2.45, 2.75) is 18.7 Å². The topological polar surface area (TPSA) is 115 Å². The molecule has 2 heterocycles. The summed E-state index contributed by atoms with van der Waals surface area (Å²) in [6.45, 7) is 4.62. The van der Waals surface area contributed by atoms with Crippen LogP contribution in [0.5, 0.6) is 5.75 Å². The van der Waals surface area contributed by atoms with E-state index in [0.717, 1.165) is 11.1 Å². The molecule has 11 heteroatoms. The average Bonchev–Trinajstić information content (AvgIpc) is 2.95. The molecule has 1 fully saturated rings. The van der Waals surface area contributed by atoms with E-state index in [-0.39, 0.29) is 29.5 Å². The van der Waals surface area contributed by atoms with Gasteiger partial charge in [-0.3, -0.25) is 9.59 Å². The Bertz CT molecular complexity index is 1730. The summed E-state index contributed by atoms with van der Waals surface area (Å²) in [5.74, 6) is -0.450. The summed E-state index contributed by atoms with van der Waals surface area (Å²) in [4.78, 5) is 26.3. The number of amides is 1. The molecule has 0 spiro atoms. The third-order valence-electron chi connectivity index (χ3n) is 6.66.